The third kappa shape index (κ3) is 3.74. The topological polar surface area (TPSA) is 58.6 Å². The van der Waals surface area contributed by atoms with E-state index in [1.165, 1.54) is 6.92 Å². The Labute approximate surface area is 131 Å². The number of carbonyl (C=O) groups is 1. The van der Waals surface area contributed by atoms with Crippen LogP contribution in [0.3, 0.4) is 0 Å². The van der Waals surface area contributed by atoms with E-state index in [0.29, 0.717) is 6.08 Å². The number of hydrogen-bond acceptors (Lipinski definition) is 4. The molecule has 10 heteroatoms. The molecule has 0 spiro atoms. The summed E-state index contributed by atoms with van der Waals surface area (Å²) in [5, 5.41) is 10.9. The molecule has 1 aromatic carbocycles. The van der Waals surface area contributed by atoms with Gasteiger partial charge in [-0.25, -0.2) is 0 Å². The molecule has 0 fully saturated rings. The maximum absolute atomic E-state index is 13.0. The lowest BCUT2D eigenvalue weighted by Crippen LogP contribution is -2.44. The van der Waals surface area contributed by atoms with Gasteiger partial charge < -0.3 is 19.4 Å². The molecule has 0 N–H and O–H groups in total. The fourth-order valence-corrected chi connectivity index (χ4v) is 2.22. The van der Waals surface area contributed by atoms with Gasteiger partial charge in [0.25, 0.3) is 0 Å². The lowest BCUT2D eigenvalue weighted by molar-refractivity contribution is -0.302. The van der Waals surface area contributed by atoms with Crippen molar-refractivity contribution in [3.05, 3.63) is 28.8 Å². The second-order valence-electron chi connectivity index (χ2n) is 4.83. The summed E-state index contributed by atoms with van der Waals surface area (Å²) in [6.07, 6.45) is -12.2. The summed E-state index contributed by atoms with van der Waals surface area (Å²) in [6, 6.07) is 1.63. The van der Waals surface area contributed by atoms with Crippen LogP contribution >= 0.6 is 0 Å². The quantitative estimate of drug-likeness (QED) is 0.782. The van der Waals surface area contributed by atoms with Gasteiger partial charge in [-0.05, 0) is 30.2 Å². The van der Waals surface area contributed by atoms with Crippen LogP contribution in [0, 0.1) is 0 Å². The van der Waals surface area contributed by atoms with Gasteiger partial charge in [-0.1, -0.05) is 6.92 Å². The van der Waals surface area contributed by atoms with Crippen LogP contribution in [-0.4, -0.2) is 24.6 Å². The first-order valence-corrected chi connectivity index (χ1v) is 6.51. The Balaban J connectivity index is 2.58. The van der Waals surface area contributed by atoms with E-state index in [-0.39, 0.29) is 23.3 Å². The van der Waals surface area contributed by atoms with Crippen molar-refractivity contribution >= 4 is 12.0 Å². The number of carbonyl (C=O) groups excluding carboxylic acids is 1. The second kappa shape index (κ2) is 5.91. The highest BCUT2D eigenvalue weighted by molar-refractivity contribution is 5.93. The Hall–Kier alpha value is -2.39. The van der Waals surface area contributed by atoms with Crippen molar-refractivity contribution in [2.24, 2.45) is 0 Å². The van der Waals surface area contributed by atoms with Crippen LogP contribution in [0.4, 0.5) is 26.3 Å². The SMILES string of the molecule is CCc1cc(OC(F)(F)F)cc2c1O[C@@H](C(F)(F)F)C(C(=O)[O-])=C2. The summed E-state index contributed by atoms with van der Waals surface area (Å²) >= 11 is 0. The van der Waals surface area contributed by atoms with Crippen molar-refractivity contribution in [1.29, 1.82) is 0 Å². The summed E-state index contributed by atoms with van der Waals surface area (Å²) in [4.78, 5) is 10.9. The number of benzene rings is 1. The van der Waals surface area contributed by atoms with Gasteiger partial charge in [0.1, 0.15) is 11.5 Å². The van der Waals surface area contributed by atoms with Gasteiger partial charge >= 0.3 is 12.5 Å². The molecule has 0 aliphatic carbocycles. The third-order valence-corrected chi connectivity index (χ3v) is 3.14. The number of carboxylic acid groups (broad SMARTS) is 1. The predicted molar refractivity (Wildman–Crippen MR) is 66.0 cm³/mol. The molecular weight excluding hydrogens is 346 g/mol. The average molecular weight is 355 g/mol. The molecule has 1 aliphatic heterocycles. The summed E-state index contributed by atoms with van der Waals surface area (Å²) in [6.45, 7) is 1.48. The van der Waals surface area contributed by atoms with E-state index >= 15 is 0 Å². The standard InChI is InChI=1S/C14H10F6O4/c1-2-6-3-8(24-14(18,19)20)4-7-5-9(12(21)22)11(13(15,16)17)23-10(6)7/h3-5,11H,2H2,1H3,(H,21,22)/p-1/t11-/m1/s1. The number of carboxylic acids is 1. The highest BCUT2D eigenvalue weighted by Gasteiger charge is 2.47. The van der Waals surface area contributed by atoms with Crippen molar-refractivity contribution in [3.8, 4) is 11.5 Å². The largest absolute Gasteiger partial charge is 0.573 e. The molecule has 0 saturated carbocycles. The highest BCUT2D eigenvalue weighted by Crippen LogP contribution is 2.41. The van der Waals surface area contributed by atoms with E-state index in [4.69, 9.17) is 4.74 Å². The summed E-state index contributed by atoms with van der Waals surface area (Å²) in [7, 11) is 0. The minimum absolute atomic E-state index is 0.00893. The molecule has 0 saturated heterocycles. The number of alkyl halides is 6. The molecule has 132 valence electrons. The Bertz CT molecular complexity index is 690. The van der Waals surface area contributed by atoms with Crippen LogP contribution in [0.5, 0.6) is 11.5 Å². The van der Waals surface area contributed by atoms with Crippen LogP contribution in [-0.2, 0) is 11.2 Å². The molecule has 0 bridgehead atoms. The Morgan fingerprint density at radius 3 is 2.33 bits per heavy atom. The zero-order valence-corrected chi connectivity index (χ0v) is 11.9. The van der Waals surface area contributed by atoms with Crippen molar-refractivity contribution in [2.45, 2.75) is 32.0 Å². The van der Waals surface area contributed by atoms with E-state index < -0.39 is 35.9 Å². The number of aliphatic carboxylic acids is 1. The van der Waals surface area contributed by atoms with Gasteiger partial charge in [-0.15, -0.1) is 13.2 Å². The molecule has 4 nitrogen and oxygen atoms in total. The van der Waals surface area contributed by atoms with Gasteiger partial charge in [0.2, 0.25) is 6.10 Å². The number of halogens is 6. The summed E-state index contributed by atoms with van der Waals surface area (Å²) in [5.74, 6) is -3.18. The van der Waals surface area contributed by atoms with Crippen LogP contribution in [0.25, 0.3) is 6.08 Å². The number of rotatable bonds is 3. The third-order valence-electron chi connectivity index (χ3n) is 3.14. The normalized spacial score (nSPS) is 17.6. The molecule has 1 aromatic rings. The van der Waals surface area contributed by atoms with Crippen LogP contribution in [0.2, 0.25) is 0 Å². The van der Waals surface area contributed by atoms with E-state index in [9.17, 15) is 36.2 Å². The lowest BCUT2D eigenvalue weighted by atomic mass is 9.97. The molecule has 0 aromatic heterocycles. The minimum Gasteiger partial charge on any atom is -0.545 e. The molecule has 0 radical (unpaired) electrons. The number of fused-ring (bicyclic) bond motifs is 1. The fraction of sp³-hybridized carbons (Fsp3) is 0.357. The second-order valence-corrected chi connectivity index (χ2v) is 4.83. The zero-order valence-electron chi connectivity index (χ0n) is 11.9. The first-order chi connectivity index (χ1) is 10.9. The van der Waals surface area contributed by atoms with Crippen molar-refractivity contribution in [2.75, 3.05) is 0 Å². The first-order valence-electron chi connectivity index (χ1n) is 6.51. The van der Waals surface area contributed by atoms with E-state index in [1.807, 2.05) is 0 Å². The van der Waals surface area contributed by atoms with E-state index in [0.717, 1.165) is 12.1 Å². The molecule has 1 atom stereocenters. The average Bonchev–Trinajstić information content (AvgIpc) is 2.42. The summed E-state index contributed by atoms with van der Waals surface area (Å²) in [5.41, 5.74) is -1.50. The molecule has 0 amide bonds. The monoisotopic (exact) mass is 355 g/mol. The Morgan fingerprint density at radius 2 is 1.88 bits per heavy atom. The van der Waals surface area contributed by atoms with Crippen LogP contribution in [0.15, 0.2) is 17.7 Å². The Morgan fingerprint density at radius 1 is 1.25 bits per heavy atom. The first kappa shape index (κ1) is 18.0. The minimum atomic E-state index is -5.03. The highest BCUT2D eigenvalue weighted by atomic mass is 19.4. The molecule has 1 aliphatic rings. The van der Waals surface area contributed by atoms with Crippen LogP contribution in [0.1, 0.15) is 18.1 Å². The number of ether oxygens (including phenoxy) is 2. The predicted octanol–water partition coefficient (Wildman–Crippen LogP) is 2.60. The van der Waals surface area contributed by atoms with Gasteiger partial charge in [0.05, 0.1) is 5.97 Å². The number of hydrogen-bond donors (Lipinski definition) is 0. The summed E-state index contributed by atoms with van der Waals surface area (Å²) < 4.78 is 84.2. The van der Waals surface area contributed by atoms with Gasteiger partial charge in [-0.3, -0.25) is 0 Å². The lowest BCUT2D eigenvalue weighted by Gasteiger charge is -2.30. The smallest absolute Gasteiger partial charge is 0.545 e. The fourth-order valence-electron chi connectivity index (χ4n) is 2.22. The maximum Gasteiger partial charge on any atom is 0.573 e. The zero-order chi connectivity index (χ0) is 18.3. The van der Waals surface area contributed by atoms with Crippen molar-refractivity contribution < 1.29 is 45.7 Å². The van der Waals surface area contributed by atoms with Gasteiger partial charge in [0.15, 0.2) is 0 Å². The van der Waals surface area contributed by atoms with E-state index in [1.54, 1.807) is 0 Å². The Kier molecular flexibility index (Phi) is 4.42. The van der Waals surface area contributed by atoms with Gasteiger partial charge in [0, 0.05) is 11.1 Å². The molecule has 24 heavy (non-hydrogen) atoms. The molecule has 1 heterocycles. The maximum atomic E-state index is 13.0. The molecular formula is C14H9F6O4-. The van der Waals surface area contributed by atoms with Crippen LogP contribution < -0.4 is 14.6 Å². The van der Waals surface area contributed by atoms with E-state index in [2.05, 4.69) is 4.74 Å². The van der Waals surface area contributed by atoms with Crippen molar-refractivity contribution in [1.82, 2.24) is 0 Å². The molecule has 2 rings (SSSR count). The molecule has 0 unspecified atom stereocenters. The number of aryl methyl sites for hydroxylation is 1. The van der Waals surface area contributed by atoms with Gasteiger partial charge in [-0.2, -0.15) is 13.2 Å². The van der Waals surface area contributed by atoms with Crippen molar-refractivity contribution in [3.63, 3.8) is 0 Å².